The zero-order valence-corrected chi connectivity index (χ0v) is 14.6. The van der Waals surface area contributed by atoms with Crippen molar-refractivity contribution in [1.82, 2.24) is 9.97 Å². The summed E-state index contributed by atoms with van der Waals surface area (Å²) in [6.45, 7) is 1.87. The van der Waals surface area contributed by atoms with Gasteiger partial charge in [0.2, 0.25) is 5.78 Å². The van der Waals surface area contributed by atoms with Crippen LogP contribution in [-0.2, 0) is 4.79 Å². The Hall–Kier alpha value is -3.80. The molecule has 0 radical (unpaired) electrons. The number of nitrogens with zero attached hydrogens (tertiary/aromatic N) is 3. The summed E-state index contributed by atoms with van der Waals surface area (Å²) in [4.78, 5) is 36.0. The van der Waals surface area contributed by atoms with Crippen LogP contribution in [0, 0.1) is 6.92 Å². The van der Waals surface area contributed by atoms with Crippen molar-refractivity contribution in [3.63, 3.8) is 0 Å². The Kier molecular flexibility index (Phi) is 4.22. The number of ketones is 1. The Morgan fingerprint density at radius 3 is 2.56 bits per heavy atom. The third-order valence-corrected chi connectivity index (χ3v) is 4.19. The van der Waals surface area contributed by atoms with E-state index in [-0.39, 0.29) is 11.4 Å². The number of hydrogen-bond donors (Lipinski definition) is 1. The molecule has 0 aliphatic carbocycles. The zero-order valence-electron chi connectivity index (χ0n) is 14.6. The summed E-state index contributed by atoms with van der Waals surface area (Å²) < 4.78 is 0. The van der Waals surface area contributed by atoms with Gasteiger partial charge in [-0.15, -0.1) is 0 Å². The lowest BCUT2D eigenvalue weighted by Crippen LogP contribution is -2.37. The molecule has 6 nitrogen and oxygen atoms in total. The number of anilines is 3. The third-order valence-electron chi connectivity index (χ3n) is 4.19. The number of nitrogens with one attached hydrogen (secondary N) is 1. The van der Waals surface area contributed by atoms with Gasteiger partial charge in [-0.25, -0.2) is 9.97 Å². The van der Waals surface area contributed by atoms with Crippen LogP contribution in [-0.4, -0.2) is 21.7 Å². The lowest BCUT2D eigenvalue weighted by atomic mass is 9.98. The molecule has 0 saturated carbocycles. The third kappa shape index (κ3) is 3.08. The lowest BCUT2D eigenvalue weighted by Gasteiger charge is -2.28. The monoisotopic (exact) mass is 356 g/mol. The summed E-state index contributed by atoms with van der Waals surface area (Å²) in [7, 11) is 0. The maximum Gasteiger partial charge on any atom is 0.269 e. The molecule has 0 fully saturated rings. The molecule has 1 aromatic carbocycles. The van der Waals surface area contributed by atoms with Crippen LogP contribution in [0.4, 0.5) is 17.3 Å². The Balaban J connectivity index is 1.78. The van der Waals surface area contributed by atoms with Crippen molar-refractivity contribution in [3.05, 3.63) is 89.9 Å². The summed E-state index contributed by atoms with van der Waals surface area (Å²) in [6.07, 6.45) is 2.98. The van der Waals surface area contributed by atoms with Crippen molar-refractivity contribution in [2.24, 2.45) is 0 Å². The van der Waals surface area contributed by atoms with Gasteiger partial charge in [-0.05, 0) is 43.3 Å². The van der Waals surface area contributed by atoms with Gasteiger partial charge >= 0.3 is 0 Å². The van der Waals surface area contributed by atoms with Crippen LogP contribution in [0.15, 0.2) is 78.6 Å². The number of benzene rings is 1. The molecule has 1 N–H and O–H groups in total. The minimum absolute atomic E-state index is 0.0302. The van der Waals surface area contributed by atoms with E-state index in [0.717, 1.165) is 5.69 Å². The van der Waals surface area contributed by atoms with Crippen LogP contribution in [0.1, 0.15) is 16.1 Å². The van der Waals surface area contributed by atoms with Crippen molar-refractivity contribution in [3.8, 4) is 0 Å². The molecular weight excluding hydrogens is 340 g/mol. The van der Waals surface area contributed by atoms with Gasteiger partial charge in [0.05, 0.1) is 11.3 Å². The second-order valence-electron chi connectivity index (χ2n) is 6.05. The fraction of sp³-hybridized carbons (Fsp3) is 0.0476. The zero-order chi connectivity index (χ0) is 18.8. The quantitative estimate of drug-likeness (QED) is 0.573. The molecule has 0 saturated heterocycles. The van der Waals surface area contributed by atoms with Crippen LogP contribution in [0.3, 0.4) is 0 Å². The molecule has 0 unspecified atom stereocenters. The predicted molar refractivity (Wildman–Crippen MR) is 103 cm³/mol. The Bertz CT molecular complexity index is 1060. The molecule has 4 rings (SSSR count). The highest BCUT2D eigenvalue weighted by molar-refractivity contribution is 6.35. The molecule has 1 aliphatic heterocycles. The van der Waals surface area contributed by atoms with E-state index >= 15 is 0 Å². The first-order chi connectivity index (χ1) is 13.1. The molecule has 0 spiro atoms. The van der Waals surface area contributed by atoms with Gasteiger partial charge in [-0.2, -0.15) is 0 Å². The highest BCUT2D eigenvalue weighted by atomic mass is 16.2. The Labute approximate surface area is 156 Å². The molecule has 3 heterocycles. The van der Waals surface area contributed by atoms with Crippen molar-refractivity contribution in [2.45, 2.75) is 6.92 Å². The van der Waals surface area contributed by atoms with Crippen LogP contribution in [0.5, 0.6) is 0 Å². The van der Waals surface area contributed by atoms with Gasteiger partial charge in [-0.3, -0.25) is 14.5 Å². The molecule has 0 bridgehead atoms. The molecule has 6 heteroatoms. The van der Waals surface area contributed by atoms with Crippen LogP contribution < -0.4 is 10.2 Å². The molecule has 2 aromatic heterocycles. The smallest absolute Gasteiger partial charge is 0.269 e. The molecule has 1 amide bonds. The van der Waals surface area contributed by atoms with Crippen LogP contribution >= 0.6 is 0 Å². The molecular formula is C21H16N4O2. The minimum atomic E-state index is -0.433. The van der Waals surface area contributed by atoms with Crippen molar-refractivity contribution < 1.29 is 9.59 Å². The van der Waals surface area contributed by atoms with Crippen molar-refractivity contribution >= 4 is 29.0 Å². The summed E-state index contributed by atoms with van der Waals surface area (Å²) in [5, 5.41) is 2.96. The largest absolute Gasteiger partial charge is 0.346 e. The topological polar surface area (TPSA) is 75.2 Å². The summed E-state index contributed by atoms with van der Waals surface area (Å²) in [5.41, 5.74) is 1.89. The summed E-state index contributed by atoms with van der Waals surface area (Å²) in [5.74, 6) is 0.101. The number of Topliss-reactive ketones (excluding diaryl/α,β-unsaturated/α-hetero) is 1. The van der Waals surface area contributed by atoms with Gasteiger partial charge in [0.15, 0.2) is 5.82 Å². The number of amides is 1. The lowest BCUT2D eigenvalue weighted by molar-refractivity contribution is -0.114. The maximum absolute atomic E-state index is 13.1. The summed E-state index contributed by atoms with van der Waals surface area (Å²) in [6, 6.07) is 18.0. The fourth-order valence-corrected chi connectivity index (χ4v) is 2.92. The number of aromatic nitrogens is 2. The molecule has 27 heavy (non-hydrogen) atoms. The van der Waals surface area contributed by atoms with E-state index in [0.29, 0.717) is 22.9 Å². The normalized spacial score (nSPS) is 15.0. The maximum atomic E-state index is 13.1. The van der Waals surface area contributed by atoms with E-state index in [9.17, 15) is 9.59 Å². The Morgan fingerprint density at radius 2 is 1.78 bits per heavy atom. The van der Waals surface area contributed by atoms with Gasteiger partial charge < -0.3 is 5.32 Å². The van der Waals surface area contributed by atoms with Gasteiger partial charge in [0, 0.05) is 18.1 Å². The average molecular weight is 356 g/mol. The molecule has 3 aromatic rings. The number of aryl methyl sites for hydroxylation is 1. The SMILES string of the molecule is Cc1cccc(N/C=C2\C(=O)c3cccnc3N(c3ccccc3)C2=O)n1. The van der Waals surface area contributed by atoms with E-state index in [1.807, 2.05) is 37.3 Å². The minimum Gasteiger partial charge on any atom is -0.346 e. The Morgan fingerprint density at radius 1 is 0.963 bits per heavy atom. The number of carbonyl (C=O) groups is 2. The van der Waals surface area contributed by atoms with Crippen molar-refractivity contribution in [1.29, 1.82) is 0 Å². The number of hydrogen-bond acceptors (Lipinski definition) is 5. The van der Waals surface area contributed by atoms with E-state index in [2.05, 4.69) is 15.3 Å². The van der Waals surface area contributed by atoms with Crippen molar-refractivity contribution in [2.75, 3.05) is 10.2 Å². The first-order valence-corrected chi connectivity index (χ1v) is 8.45. The average Bonchev–Trinajstić information content (AvgIpc) is 2.69. The highest BCUT2D eigenvalue weighted by Crippen LogP contribution is 2.34. The first kappa shape index (κ1) is 16.7. The van der Waals surface area contributed by atoms with Crippen LogP contribution in [0.2, 0.25) is 0 Å². The van der Waals surface area contributed by atoms with Crippen LogP contribution in [0.25, 0.3) is 0 Å². The number of carbonyl (C=O) groups excluding carboxylic acids is 2. The first-order valence-electron chi connectivity index (χ1n) is 8.45. The van der Waals surface area contributed by atoms with E-state index in [4.69, 9.17) is 0 Å². The van der Waals surface area contributed by atoms with Gasteiger partial charge in [-0.1, -0.05) is 24.3 Å². The van der Waals surface area contributed by atoms with E-state index in [1.165, 1.54) is 11.1 Å². The highest BCUT2D eigenvalue weighted by Gasteiger charge is 2.36. The van der Waals surface area contributed by atoms with Gasteiger partial charge in [0.1, 0.15) is 11.4 Å². The number of rotatable bonds is 3. The number of fused-ring (bicyclic) bond motifs is 1. The van der Waals surface area contributed by atoms with E-state index in [1.54, 1.807) is 36.5 Å². The summed E-state index contributed by atoms with van der Waals surface area (Å²) >= 11 is 0. The second-order valence-corrected chi connectivity index (χ2v) is 6.05. The number of pyridine rings is 2. The predicted octanol–water partition coefficient (Wildman–Crippen LogP) is 3.64. The standard InChI is InChI=1S/C21H16N4O2/c1-14-7-5-11-18(24-14)23-13-17-19(26)16-10-6-12-22-20(16)25(21(17)27)15-8-3-2-4-9-15/h2-13H,1H3,(H,23,24)/b17-13+. The number of para-hydroxylation sites is 1. The molecule has 132 valence electrons. The molecule has 1 aliphatic rings. The second kappa shape index (κ2) is 6.84. The molecule has 0 atom stereocenters. The van der Waals surface area contributed by atoms with Gasteiger partial charge in [0.25, 0.3) is 5.91 Å². The van der Waals surface area contributed by atoms with E-state index < -0.39 is 5.91 Å². The fourth-order valence-electron chi connectivity index (χ4n) is 2.92.